The molecule has 1 atom stereocenters. The van der Waals surface area contributed by atoms with Gasteiger partial charge in [0.15, 0.2) is 5.78 Å². The van der Waals surface area contributed by atoms with Gasteiger partial charge in [0, 0.05) is 27.7 Å². The van der Waals surface area contributed by atoms with Crippen LogP contribution in [0, 0.1) is 5.41 Å². The lowest BCUT2D eigenvalue weighted by Gasteiger charge is -2.38. The van der Waals surface area contributed by atoms with Crippen molar-refractivity contribution in [2.45, 2.75) is 46.1 Å². The summed E-state index contributed by atoms with van der Waals surface area (Å²) in [5, 5.41) is 7.75. The third-order valence-corrected chi connectivity index (χ3v) is 5.50. The standard InChI is InChI=1S/C20H23BrN4O2/c1-4-7-27-16-6-5-12(21)8-13(16)18-17-14(9-20(2,3)10-15(17)26)24-19-22-11-23-25(18)19/h5-6,8,11,18H,4,7,9-10H2,1-3H3,(H,22,23,24)/t18-/m0/s1. The average molecular weight is 431 g/mol. The minimum Gasteiger partial charge on any atom is -0.493 e. The van der Waals surface area contributed by atoms with Gasteiger partial charge in [0.05, 0.1) is 6.61 Å². The number of halogens is 1. The van der Waals surface area contributed by atoms with Gasteiger partial charge in [-0.15, -0.1) is 0 Å². The number of hydrogen-bond acceptors (Lipinski definition) is 5. The molecular weight excluding hydrogens is 408 g/mol. The molecule has 1 aromatic heterocycles. The van der Waals surface area contributed by atoms with Crippen LogP contribution in [0.15, 0.2) is 40.3 Å². The van der Waals surface area contributed by atoms with E-state index in [0.29, 0.717) is 19.0 Å². The smallest absolute Gasteiger partial charge is 0.226 e. The number of ether oxygens (including phenoxy) is 1. The molecule has 4 rings (SSSR count). The number of allylic oxidation sites excluding steroid dienone is 2. The number of nitrogens with zero attached hydrogens (tertiary/aromatic N) is 3. The molecule has 0 saturated carbocycles. The van der Waals surface area contributed by atoms with E-state index < -0.39 is 0 Å². The van der Waals surface area contributed by atoms with Gasteiger partial charge < -0.3 is 10.1 Å². The third kappa shape index (κ3) is 3.29. The lowest BCUT2D eigenvalue weighted by Crippen LogP contribution is -2.36. The molecule has 7 heteroatoms. The maximum atomic E-state index is 13.2. The second kappa shape index (κ2) is 6.78. The first-order valence-electron chi connectivity index (χ1n) is 9.24. The van der Waals surface area contributed by atoms with Crippen LogP contribution < -0.4 is 10.1 Å². The Morgan fingerprint density at radius 1 is 1.37 bits per heavy atom. The Hall–Kier alpha value is -2.15. The molecule has 1 aliphatic heterocycles. The van der Waals surface area contributed by atoms with Crippen LogP contribution in [0.2, 0.25) is 0 Å². The molecule has 0 bridgehead atoms. The first kappa shape index (κ1) is 18.2. The topological polar surface area (TPSA) is 69.0 Å². The normalized spacial score (nSPS) is 20.7. The van der Waals surface area contributed by atoms with Gasteiger partial charge in [0.25, 0.3) is 0 Å². The first-order chi connectivity index (χ1) is 12.9. The van der Waals surface area contributed by atoms with Crippen LogP contribution in [-0.2, 0) is 4.79 Å². The molecular formula is C20H23BrN4O2. The molecule has 2 heterocycles. The van der Waals surface area contributed by atoms with Gasteiger partial charge in [-0.1, -0.05) is 36.7 Å². The predicted molar refractivity (Wildman–Crippen MR) is 107 cm³/mol. The average Bonchev–Trinajstić information content (AvgIpc) is 3.05. The van der Waals surface area contributed by atoms with Crippen molar-refractivity contribution in [1.29, 1.82) is 0 Å². The van der Waals surface area contributed by atoms with Crippen molar-refractivity contribution in [2.75, 3.05) is 11.9 Å². The monoisotopic (exact) mass is 430 g/mol. The number of anilines is 1. The molecule has 0 saturated heterocycles. The molecule has 1 aromatic carbocycles. The number of hydrogen-bond donors (Lipinski definition) is 1. The maximum absolute atomic E-state index is 13.2. The zero-order valence-corrected chi connectivity index (χ0v) is 17.3. The van der Waals surface area contributed by atoms with Crippen molar-refractivity contribution in [3.05, 3.63) is 45.8 Å². The Morgan fingerprint density at radius 3 is 2.96 bits per heavy atom. The van der Waals surface area contributed by atoms with E-state index in [1.807, 2.05) is 18.2 Å². The Kier molecular flexibility index (Phi) is 4.58. The van der Waals surface area contributed by atoms with E-state index in [1.54, 1.807) is 4.68 Å². The summed E-state index contributed by atoms with van der Waals surface area (Å²) in [7, 11) is 0. The fourth-order valence-corrected chi connectivity index (χ4v) is 4.29. The molecule has 27 heavy (non-hydrogen) atoms. The van der Waals surface area contributed by atoms with Crippen LogP contribution in [0.5, 0.6) is 5.75 Å². The quantitative estimate of drug-likeness (QED) is 0.773. The molecule has 0 radical (unpaired) electrons. The second-order valence-electron chi connectivity index (χ2n) is 7.92. The fraction of sp³-hybridized carbons (Fsp3) is 0.450. The van der Waals surface area contributed by atoms with Crippen LogP contribution in [0.4, 0.5) is 5.95 Å². The molecule has 0 spiro atoms. The number of carbonyl (C=O) groups excluding carboxylic acids is 1. The van der Waals surface area contributed by atoms with E-state index in [4.69, 9.17) is 4.74 Å². The Morgan fingerprint density at radius 2 is 2.19 bits per heavy atom. The number of nitrogens with one attached hydrogen (secondary N) is 1. The van der Waals surface area contributed by atoms with Gasteiger partial charge in [-0.25, -0.2) is 4.68 Å². The Balaban J connectivity index is 1.90. The zero-order chi connectivity index (χ0) is 19.2. The van der Waals surface area contributed by atoms with Gasteiger partial charge in [0.1, 0.15) is 18.1 Å². The zero-order valence-electron chi connectivity index (χ0n) is 15.8. The summed E-state index contributed by atoms with van der Waals surface area (Å²) >= 11 is 3.57. The Labute approximate surface area is 167 Å². The second-order valence-corrected chi connectivity index (χ2v) is 8.84. The lowest BCUT2D eigenvalue weighted by molar-refractivity contribution is -0.118. The van der Waals surface area contributed by atoms with E-state index in [0.717, 1.165) is 39.9 Å². The molecule has 142 valence electrons. The van der Waals surface area contributed by atoms with Crippen molar-refractivity contribution in [2.24, 2.45) is 5.41 Å². The molecule has 1 N–H and O–H groups in total. The largest absolute Gasteiger partial charge is 0.493 e. The van der Waals surface area contributed by atoms with Crippen LogP contribution in [-0.4, -0.2) is 27.2 Å². The summed E-state index contributed by atoms with van der Waals surface area (Å²) in [6.07, 6.45) is 3.76. The molecule has 1 aliphatic carbocycles. The summed E-state index contributed by atoms with van der Waals surface area (Å²) in [5.41, 5.74) is 2.57. The van der Waals surface area contributed by atoms with Crippen LogP contribution in [0.25, 0.3) is 0 Å². The molecule has 2 aromatic rings. The number of carbonyl (C=O) groups is 1. The van der Waals surface area contributed by atoms with E-state index in [1.165, 1.54) is 6.33 Å². The van der Waals surface area contributed by atoms with Crippen molar-refractivity contribution in [1.82, 2.24) is 14.8 Å². The van der Waals surface area contributed by atoms with E-state index in [2.05, 4.69) is 52.1 Å². The first-order valence-corrected chi connectivity index (χ1v) is 10.0. The highest BCUT2D eigenvalue weighted by Gasteiger charge is 2.42. The molecule has 0 amide bonds. The highest BCUT2D eigenvalue weighted by molar-refractivity contribution is 9.10. The number of ketones is 1. The number of Topliss-reactive ketones (excluding diaryl/α,β-unsaturated/α-hetero) is 1. The lowest BCUT2D eigenvalue weighted by atomic mass is 9.73. The summed E-state index contributed by atoms with van der Waals surface area (Å²) in [6.45, 7) is 6.95. The van der Waals surface area contributed by atoms with E-state index in [-0.39, 0.29) is 17.2 Å². The molecule has 0 unspecified atom stereocenters. The van der Waals surface area contributed by atoms with Crippen LogP contribution >= 0.6 is 15.9 Å². The summed E-state index contributed by atoms with van der Waals surface area (Å²) in [4.78, 5) is 17.5. The van der Waals surface area contributed by atoms with E-state index >= 15 is 0 Å². The Bertz CT molecular complexity index is 932. The highest BCUT2D eigenvalue weighted by Crippen LogP contribution is 2.47. The highest BCUT2D eigenvalue weighted by atomic mass is 79.9. The van der Waals surface area contributed by atoms with E-state index in [9.17, 15) is 4.79 Å². The summed E-state index contributed by atoms with van der Waals surface area (Å²) < 4.78 is 8.73. The maximum Gasteiger partial charge on any atom is 0.226 e. The van der Waals surface area contributed by atoms with Gasteiger partial charge in [-0.3, -0.25) is 4.79 Å². The summed E-state index contributed by atoms with van der Waals surface area (Å²) in [5.74, 6) is 1.59. The summed E-state index contributed by atoms with van der Waals surface area (Å²) in [6, 6.07) is 5.58. The number of fused-ring (bicyclic) bond motifs is 1. The van der Waals surface area contributed by atoms with Crippen molar-refractivity contribution in [3.63, 3.8) is 0 Å². The van der Waals surface area contributed by atoms with Gasteiger partial charge in [0.2, 0.25) is 5.95 Å². The fourth-order valence-electron chi connectivity index (χ4n) is 3.91. The minimum absolute atomic E-state index is 0.0749. The minimum atomic E-state index is -0.341. The van der Waals surface area contributed by atoms with Crippen molar-refractivity contribution < 1.29 is 9.53 Å². The SMILES string of the molecule is CCCOc1ccc(Br)cc1[C@H]1C2=C(CC(C)(C)CC2=O)Nc2ncnn21. The predicted octanol–water partition coefficient (Wildman–Crippen LogP) is 4.49. The molecule has 6 nitrogen and oxygen atoms in total. The van der Waals surface area contributed by atoms with Gasteiger partial charge >= 0.3 is 0 Å². The molecule has 0 fully saturated rings. The third-order valence-electron chi connectivity index (χ3n) is 5.00. The van der Waals surface area contributed by atoms with Crippen molar-refractivity contribution >= 4 is 27.7 Å². The van der Waals surface area contributed by atoms with Crippen LogP contribution in [0.3, 0.4) is 0 Å². The van der Waals surface area contributed by atoms with Crippen molar-refractivity contribution in [3.8, 4) is 5.75 Å². The van der Waals surface area contributed by atoms with Gasteiger partial charge in [-0.05, 0) is 36.5 Å². The number of aromatic nitrogens is 3. The van der Waals surface area contributed by atoms with Crippen LogP contribution in [0.1, 0.15) is 51.6 Å². The molecule has 2 aliphatic rings. The number of rotatable bonds is 4. The van der Waals surface area contributed by atoms with Gasteiger partial charge in [-0.2, -0.15) is 10.1 Å². The number of benzene rings is 1.